The first kappa shape index (κ1) is 12.6. The van der Waals surface area contributed by atoms with Gasteiger partial charge >= 0.3 is 0 Å². The highest BCUT2D eigenvalue weighted by Gasteiger charge is 2.36. The normalized spacial score (nSPS) is 29.2. The van der Waals surface area contributed by atoms with Crippen molar-refractivity contribution >= 4 is 0 Å². The number of ether oxygens (including phenoxy) is 1. The molecule has 2 heteroatoms. The molecule has 0 bridgehead atoms. The van der Waals surface area contributed by atoms with Crippen LogP contribution in [0.2, 0.25) is 0 Å². The van der Waals surface area contributed by atoms with E-state index < -0.39 is 5.60 Å². The van der Waals surface area contributed by atoms with Crippen LogP contribution in [0.25, 0.3) is 0 Å². The summed E-state index contributed by atoms with van der Waals surface area (Å²) in [5.74, 6) is 0. The van der Waals surface area contributed by atoms with Crippen LogP contribution in [0.3, 0.4) is 0 Å². The Morgan fingerprint density at radius 3 is 2.71 bits per heavy atom. The van der Waals surface area contributed by atoms with Crippen LogP contribution in [0.5, 0.6) is 0 Å². The summed E-state index contributed by atoms with van der Waals surface area (Å²) in [4.78, 5) is 0. The average molecular weight is 234 g/mol. The van der Waals surface area contributed by atoms with E-state index in [1.807, 2.05) is 12.1 Å². The van der Waals surface area contributed by atoms with Gasteiger partial charge in [-0.15, -0.1) is 0 Å². The molecule has 17 heavy (non-hydrogen) atoms. The van der Waals surface area contributed by atoms with Crippen LogP contribution in [0.1, 0.15) is 43.7 Å². The molecule has 0 saturated carbocycles. The minimum absolute atomic E-state index is 0.208. The molecule has 0 aromatic heterocycles. The molecule has 1 aromatic rings. The second-order valence-electron chi connectivity index (χ2n) is 5.13. The molecule has 2 atom stereocenters. The van der Waals surface area contributed by atoms with E-state index in [1.54, 1.807) is 0 Å². The van der Waals surface area contributed by atoms with Crippen molar-refractivity contribution in [3.8, 4) is 0 Å². The molecule has 2 unspecified atom stereocenters. The topological polar surface area (TPSA) is 29.5 Å². The standard InChI is InChI=1S/C15H22O2/c1-3-4-14-11-15(16,9-10-17-14)13-7-5-12(2)6-8-13/h5-8,14,16H,3-4,9-11H2,1-2H3. The highest BCUT2D eigenvalue weighted by Crippen LogP contribution is 2.35. The fraction of sp³-hybridized carbons (Fsp3) is 0.600. The maximum absolute atomic E-state index is 10.8. The first-order valence-corrected chi connectivity index (χ1v) is 6.55. The van der Waals surface area contributed by atoms with E-state index in [-0.39, 0.29) is 6.10 Å². The third-order valence-electron chi connectivity index (χ3n) is 3.63. The molecule has 0 spiro atoms. The predicted octanol–water partition coefficient (Wildman–Crippen LogP) is 3.16. The first-order chi connectivity index (χ1) is 8.14. The van der Waals surface area contributed by atoms with Gasteiger partial charge in [0, 0.05) is 12.8 Å². The van der Waals surface area contributed by atoms with Crippen molar-refractivity contribution in [1.29, 1.82) is 0 Å². The van der Waals surface area contributed by atoms with E-state index in [0.717, 1.165) is 24.8 Å². The smallest absolute Gasteiger partial charge is 0.0943 e. The van der Waals surface area contributed by atoms with E-state index >= 15 is 0 Å². The van der Waals surface area contributed by atoms with E-state index in [2.05, 4.69) is 26.0 Å². The molecule has 1 aliphatic rings. The SMILES string of the molecule is CCCC1CC(O)(c2ccc(C)cc2)CCO1. The van der Waals surface area contributed by atoms with Crippen LogP contribution in [0.4, 0.5) is 0 Å². The number of aryl methyl sites for hydroxylation is 1. The van der Waals surface area contributed by atoms with Crippen LogP contribution in [-0.4, -0.2) is 17.8 Å². The molecule has 2 rings (SSSR count). The lowest BCUT2D eigenvalue weighted by atomic mass is 9.82. The van der Waals surface area contributed by atoms with Crippen LogP contribution in [0, 0.1) is 6.92 Å². The lowest BCUT2D eigenvalue weighted by molar-refractivity contribution is -0.110. The van der Waals surface area contributed by atoms with Crippen LogP contribution in [0.15, 0.2) is 24.3 Å². The first-order valence-electron chi connectivity index (χ1n) is 6.55. The van der Waals surface area contributed by atoms with Crippen molar-refractivity contribution in [2.24, 2.45) is 0 Å². The molecule has 1 aromatic carbocycles. The molecule has 1 heterocycles. The Kier molecular flexibility index (Phi) is 3.85. The minimum atomic E-state index is -0.689. The van der Waals surface area contributed by atoms with Crippen molar-refractivity contribution in [3.05, 3.63) is 35.4 Å². The number of hydrogen-bond donors (Lipinski definition) is 1. The lowest BCUT2D eigenvalue weighted by Crippen LogP contribution is -2.38. The highest BCUT2D eigenvalue weighted by molar-refractivity contribution is 5.27. The highest BCUT2D eigenvalue weighted by atomic mass is 16.5. The maximum Gasteiger partial charge on any atom is 0.0943 e. The summed E-state index contributed by atoms with van der Waals surface area (Å²) in [6, 6.07) is 8.22. The fourth-order valence-electron chi connectivity index (χ4n) is 2.57. The molecule has 1 fully saturated rings. The third-order valence-corrected chi connectivity index (χ3v) is 3.63. The van der Waals surface area contributed by atoms with Crippen LogP contribution in [-0.2, 0) is 10.3 Å². The second kappa shape index (κ2) is 5.19. The van der Waals surface area contributed by atoms with E-state index in [4.69, 9.17) is 4.74 Å². The number of rotatable bonds is 3. The van der Waals surface area contributed by atoms with Crippen LogP contribution < -0.4 is 0 Å². The van der Waals surface area contributed by atoms with Gasteiger partial charge in [-0.3, -0.25) is 0 Å². The Balaban J connectivity index is 2.14. The summed E-state index contributed by atoms with van der Waals surface area (Å²) in [5.41, 5.74) is 1.58. The van der Waals surface area contributed by atoms with Gasteiger partial charge in [0.05, 0.1) is 18.3 Å². The van der Waals surface area contributed by atoms with Gasteiger partial charge in [-0.2, -0.15) is 0 Å². The zero-order chi connectivity index (χ0) is 12.3. The van der Waals surface area contributed by atoms with Gasteiger partial charge in [-0.25, -0.2) is 0 Å². The Hall–Kier alpha value is -0.860. The molecule has 0 radical (unpaired) electrons. The summed E-state index contributed by atoms with van der Waals surface area (Å²) >= 11 is 0. The second-order valence-corrected chi connectivity index (χ2v) is 5.13. The van der Waals surface area contributed by atoms with Gasteiger partial charge in [0.2, 0.25) is 0 Å². The molecular formula is C15H22O2. The van der Waals surface area contributed by atoms with Gasteiger partial charge in [0.15, 0.2) is 0 Å². The van der Waals surface area contributed by atoms with E-state index in [9.17, 15) is 5.11 Å². The Morgan fingerprint density at radius 2 is 2.06 bits per heavy atom. The molecule has 1 saturated heterocycles. The zero-order valence-corrected chi connectivity index (χ0v) is 10.8. The van der Waals surface area contributed by atoms with Crippen molar-refractivity contribution in [3.63, 3.8) is 0 Å². The van der Waals surface area contributed by atoms with Crippen molar-refractivity contribution < 1.29 is 9.84 Å². The molecule has 1 N–H and O–H groups in total. The monoisotopic (exact) mass is 234 g/mol. The summed E-state index contributed by atoms with van der Waals surface area (Å²) < 4.78 is 5.70. The third kappa shape index (κ3) is 2.88. The molecule has 94 valence electrons. The molecular weight excluding hydrogens is 212 g/mol. The van der Waals surface area contributed by atoms with Gasteiger partial charge in [0.25, 0.3) is 0 Å². The number of aliphatic hydroxyl groups is 1. The van der Waals surface area contributed by atoms with Crippen molar-refractivity contribution in [2.45, 2.75) is 51.2 Å². The van der Waals surface area contributed by atoms with Crippen molar-refractivity contribution in [1.82, 2.24) is 0 Å². The van der Waals surface area contributed by atoms with E-state index in [0.29, 0.717) is 13.0 Å². The summed E-state index contributed by atoms with van der Waals surface area (Å²) in [6.07, 6.45) is 3.78. The summed E-state index contributed by atoms with van der Waals surface area (Å²) in [7, 11) is 0. The molecule has 2 nitrogen and oxygen atoms in total. The Labute approximate surface area is 104 Å². The maximum atomic E-state index is 10.8. The molecule has 0 aliphatic carbocycles. The minimum Gasteiger partial charge on any atom is -0.385 e. The molecule has 1 aliphatic heterocycles. The van der Waals surface area contributed by atoms with Gasteiger partial charge in [-0.1, -0.05) is 43.2 Å². The van der Waals surface area contributed by atoms with Gasteiger partial charge in [-0.05, 0) is 18.9 Å². The van der Waals surface area contributed by atoms with Crippen LogP contribution >= 0.6 is 0 Å². The number of benzene rings is 1. The van der Waals surface area contributed by atoms with Gasteiger partial charge in [0.1, 0.15) is 0 Å². The molecule has 0 amide bonds. The lowest BCUT2D eigenvalue weighted by Gasteiger charge is -2.37. The van der Waals surface area contributed by atoms with E-state index in [1.165, 1.54) is 5.56 Å². The Morgan fingerprint density at radius 1 is 1.35 bits per heavy atom. The van der Waals surface area contributed by atoms with Crippen molar-refractivity contribution in [2.75, 3.05) is 6.61 Å². The van der Waals surface area contributed by atoms with Gasteiger partial charge < -0.3 is 9.84 Å². The quantitative estimate of drug-likeness (QED) is 0.870. The average Bonchev–Trinajstić information content (AvgIpc) is 2.30. The number of hydrogen-bond acceptors (Lipinski definition) is 2. The summed E-state index contributed by atoms with van der Waals surface area (Å²) in [6.45, 7) is 4.88. The zero-order valence-electron chi connectivity index (χ0n) is 10.8. The Bertz CT molecular complexity index is 356. The fourth-order valence-corrected chi connectivity index (χ4v) is 2.57. The summed E-state index contributed by atoms with van der Waals surface area (Å²) in [5, 5.41) is 10.8. The predicted molar refractivity (Wildman–Crippen MR) is 69.0 cm³/mol. The largest absolute Gasteiger partial charge is 0.385 e.